The number of aromatic nitrogens is 1. The zero-order valence-corrected chi connectivity index (χ0v) is 46.3. The summed E-state index contributed by atoms with van der Waals surface area (Å²) in [5.74, 6) is 0. The molecule has 83 heavy (non-hydrogen) atoms. The van der Waals surface area contributed by atoms with E-state index in [9.17, 15) is 0 Å². The Morgan fingerprint density at radius 2 is 0.759 bits per heavy atom. The van der Waals surface area contributed by atoms with Gasteiger partial charge in [-0.05, 0) is 183 Å². The SMILES string of the molecule is CC1(C)c2ccccc2-c2ccc(N(c3ccc(-c4ccccc4)cc3)c3ccc(-c4ccc5c(c4)c4ccccc4n5-c4cccc(-c5c(-c6cccc7ccccc67)ccc6ccc(-c7cccc8ccccc78)cc56)c4)cc3)cc21. The standard InChI is InChI=1S/C81H56N2/c1-81(2)76-31-12-10-27-70(76)71-47-45-65(52-77(71)81)82(62-41-35-54(36-42-62)53-17-4-3-5-18-53)63-43-37-55(38-44-63)59-40-48-79-75(50-59)72-28-11-13-32-78(72)83(79)64-24-14-23-61(49-64)80-73(69-30-16-22-57-20-7-9-26-67(57)69)46-39-58-33-34-60(51-74(58)80)68-29-15-21-56-19-6-8-25-66(56)68/h3-52H,1-2H3. The summed E-state index contributed by atoms with van der Waals surface area (Å²) in [6.07, 6.45) is 0. The molecule has 1 aromatic heterocycles. The van der Waals surface area contributed by atoms with Crippen LogP contribution >= 0.6 is 0 Å². The second-order valence-corrected chi connectivity index (χ2v) is 22.8. The van der Waals surface area contributed by atoms with Gasteiger partial charge in [0.25, 0.3) is 0 Å². The molecule has 0 fully saturated rings. The van der Waals surface area contributed by atoms with Crippen molar-refractivity contribution < 1.29 is 0 Å². The van der Waals surface area contributed by atoms with Gasteiger partial charge in [-0.2, -0.15) is 0 Å². The Hall–Kier alpha value is -10.5. The van der Waals surface area contributed by atoms with E-state index in [1.807, 2.05) is 0 Å². The molecule has 1 heterocycles. The number of anilines is 3. The number of rotatable bonds is 9. The molecule has 14 aromatic carbocycles. The van der Waals surface area contributed by atoms with Crippen molar-refractivity contribution in [2.75, 3.05) is 4.90 Å². The van der Waals surface area contributed by atoms with Crippen LogP contribution in [0.2, 0.25) is 0 Å². The van der Waals surface area contributed by atoms with E-state index in [0.717, 1.165) is 22.7 Å². The second kappa shape index (κ2) is 19.3. The summed E-state index contributed by atoms with van der Waals surface area (Å²) in [4.78, 5) is 2.41. The van der Waals surface area contributed by atoms with Crippen molar-refractivity contribution in [3.8, 4) is 72.4 Å². The first-order chi connectivity index (χ1) is 40.9. The highest BCUT2D eigenvalue weighted by molar-refractivity contribution is 6.13. The molecule has 2 heteroatoms. The Labute approximate surface area is 484 Å². The lowest BCUT2D eigenvalue weighted by atomic mass is 9.82. The Balaban J connectivity index is 0.807. The average molecular weight is 1060 g/mol. The van der Waals surface area contributed by atoms with Gasteiger partial charge in [0, 0.05) is 38.9 Å². The number of hydrogen-bond acceptors (Lipinski definition) is 1. The highest BCUT2D eigenvalue weighted by Gasteiger charge is 2.36. The van der Waals surface area contributed by atoms with E-state index in [1.165, 1.54) is 132 Å². The van der Waals surface area contributed by atoms with Crippen LogP contribution < -0.4 is 4.90 Å². The molecule has 0 bridgehead atoms. The molecular formula is C81H56N2. The molecule has 1 aliphatic carbocycles. The summed E-state index contributed by atoms with van der Waals surface area (Å²) in [7, 11) is 0. The third-order valence-corrected chi connectivity index (χ3v) is 17.8. The summed E-state index contributed by atoms with van der Waals surface area (Å²) in [6.45, 7) is 4.72. The van der Waals surface area contributed by atoms with Crippen molar-refractivity contribution in [1.82, 2.24) is 4.57 Å². The van der Waals surface area contributed by atoms with Gasteiger partial charge in [-0.25, -0.2) is 0 Å². The molecule has 0 unspecified atom stereocenters. The van der Waals surface area contributed by atoms with E-state index >= 15 is 0 Å². The minimum atomic E-state index is -0.124. The van der Waals surface area contributed by atoms with Crippen molar-refractivity contribution >= 4 is 71.2 Å². The lowest BCUT2D eigenvalue weighted by Gasteiger charge is -2.28. The third kappa shape index (κ3) is 8.01. The lowest BCUT2D eigenvalue weighted by Crippen LogP contribution is -2.16. The Morgan fingerprint density at radius 3 is 1.53 bits per heavy atom. The van der Waals surface area contributed by atoms with Gasteiger partial charge in [0.2, 0.25) is 0 Å². The van der Waals surface area contributed by atoms with E-state index in [2.05, 4.69) is 327 Å². The topological polar surface area (TPSA) is 8.17 Å². The minimum absolute atomic E-state index is 0.124. The highest BCUT2D eigenvalue weighted by Crippen LogP contribution is 2.51. The fraction of sp³-hybridized carbons (Fsp3) is 0.0370. The van der Waals surface area contributed by atoms with Gasteiger partial charge in [0.15, 0.2) is 0 Å². The fourth-order valence-electron chi connectivity index (χ4n) is 13.7. The Kier molecular flexibility index (Phi) is 11.3. The number of para-hydroxylation sites is 1. The first kappa shape index (κ1) is 48.4. The molecule has 390 valence electrons. The smallest absolute Gasteiger partial charge is 0.0541 e. The van der Waals surface area contributed by atoms with E-state index < -0.39 is 0 Å². The van der Waals surface area contributed by atoms with E-state index in [1.54, 1.807) is 0 Å². The van der Waals surface area contributed by atoms with E-state index in [4.69, 9.17) is 0 Å². The lowest BCUT2D eigenvalue weighted by molar-refractivity contribution is 0.660. The molecular weight excluding hydrogens is 1000 g/mol. The Bertz CT molecular complexity index is 5030. The van der Waals surface area contributed by atoms with Gasteiger partial charge < -0.3 is 9.47 Å². The molecule has 0 N–H and O–H groups in total. The molecule has 2 nitrogen and oxygen atoms in total. The zero-order chi connectivity index (χ0) is 55.2. The molecule has 1 aliphatic rings. The average Bonchev–Trinajstić information content (AvgIpc) is 2.93. The van der Waals surface area contributed by atoms with Crippen LogP contribution in [0.1, 0.15) is 25.0 Å². The maximum Gasteiger partial charge on any atom is 0.0541 e. The molecule has 0 saturated carbocycles. The summed E-state index contributed by atoms with van der Waals surface area (Å²) < 4.78 is 2.46. The Morgan fingerprint density at radius 1 is 0.265 bits per heavy atom. The van der Waals surface area contributed by atoms with Gasteiger partial charge in [0.05, 0.1) is 11.0 Å². The zero-order valence-electron chi connectivity index (χ0n) is 46.3. The number of fused-ring (bicyclic) bond motifs is 9. The van der Waals surface area contributed by atoms with Gasteiger partial charge in [-0.15, -0.1) is 0 Å². The molecule has 0 radical (unpaired) electrons. The fourth-order valence-corrected chi connectivity index (χ4v) is 13.7. The quantitative estimate of drug-likeness (QED) is 0.140. The van der Waals surface area contributed by atoms with Crippen LogP contribution in [0, 0.1) is 0 Å². The highest BCUT2D eigenvalue weighted by atomic mass is 15.1. The number of nitrogens with zero attached hydrogens (tertiary/aromatic N) is 2. The summed E-state index contributed by atoms with van der Waals surface area (Å²) in [6, 6.07) is 112. The summed E-state index contributed by atoms with van der Waals surface area (Å²) in [5.41, 5.74) is 24.1. The monoisotopic (exact) mass is 1060 g/mol. The van der Waals surface area contributed by atoms with Gasteiger partial charge in [0.1, 0.15) is 0 Å². The molecule has 0 aliphatic heterocycles. The summed E-state index contributed by atoms with van der Waals surface area (Å²) >= 11 is 0. The van der Waals surface area contributed by atoms with Crippen molar-refractivity contribution in [2.45, 2.75) is 19.3 Å². The second-order valence-electron chi connectivity index (χ2n) is 22.8. The van der Waals surface area contributed by atoms with Crippen LogP contribution in [-0.2, 0) is 5.41 Å². The largest absolute Gasteiger partial charge is 0.310 e. The van der Waals surface area contributed by atoms with Crippen molar-refractivity contribution in [3.05, 3.63) is 314 Å². The van der Waals surface area contributed by atoms with E-state index in [0.29, 0.717) is 0 Å². The predicted octanol–water partition coefficient (Wildman–Crippen LogP) is 22.4. The van der Waals surface area contributed by atoms with Crippen LogP contribution in [0.3, 0.4) is 0 Å². The number of benzene rings is 14. The molecule has 15 aromatic rings. The van der Waals surface area contributed by atoms with E-state index in [-0.39, 0.29) is 5.41 Å². The maximum absolute atomic E-state index is 2.46. The van der Waals surface area contributed by atoms with Crippen LogP contribution in [0.15, 0.2) is 303 Å². The first-order valence-corrected chi connectivity index (χ1v) is 28.9. The first-order valence-electron chi connectivity index (χ1n) is 28.9. The summed E-state index contributed by atoms with van der Waals surface area (Å²) in [5, 5.41) is 9.84. The van der Waals surface area contributed by atoms with Crippen LogP contribution in [0.4, 0.5) is 17.1 Å². The molecule has 0 saturated heterocycles. The van der Waals surface area contributed by atoms with Crippen LogP contribution in [0.5, 0.6) is 0 Å². The molecule has 0 amide bonds. The van der Waals surface area contributed by atoms with Crippen LogP contribution in [0.25, 0.3) is 127 Å². The minimum Gasteiger partial charge on any atom is -0.310 e. The van der Waals surface area contributed by atoms with Crippen molar-refractivity contribution in [3.63, 3.8) is 0 Å². The van der Waals surface area contributed by atoms with Crippen LogP contribution in [-0.4, -0.2) is 4.57 Å². The van der Waals surface area contributed by atoms with Crippen molar-refractivity contribution in [1.29, 1.82) is 0 Å². The number of hydrogen-bond donors (Lipinski definition) is 0. The van der Waals surface area contributed by atoms with Gasteiger partial charge in [-0.1, -0.05) is 244 Å². The van der Waals surface area contributed by atoms with Gasteiger partial charge >= 0.3 is 0 Å². The maximum atomic E-state index is 2.46. The van der Waals surface area contributed by atoms with Crippen molar-refractivity contribution in [2.24, 2.45) is 0 Å². The predicted molar refractivity (Wildman–Crippen MR) is 353 cm³/mol. The third-order valence-electron chi connectivity index (χ3n) is 17.8. The molecule has 0 spiro atoms. The van der Waals surface area contributed by atoms with Gasteiger partial charge in [-0.3, -0.25) is 0 Å². The normalized spacial score (nSPS) is 12.6. The molecule has 16 rings (SSSR count). The molecule has 0 atom stereocenters.